The van der Waals surface area contributed by atoms with Gasteiger partial charge in [0.2, 0.25) is 0 Å². The van der Waals surface area contributed by atoms with Crippen molar-refractivity contribution in [3.63, 3.8) is 0 Å². The van der Waals surface area contributed by atoms with E-state index in [9.17, 15) is 10.5 Å². The first-order valence-electron chi connectivity index (χ1n) is 6.66. The maximum absolute atomic E-state index is 9.52. The molecule has 0 aliphatic carbocycles. The second-order valence-electron chi connectivity index (χ2n) is 5.00. The van der Waals surface area contributed by atoms with Gasteiger partial charge in [-0.15, -0.1) is 0 Å². The molecule has 0 N–H and O–H groups in total. The Morgan fingerprint density at radius 3 is 1.41 bits per heavy atom. The zero-order chi connectivity index (χ0) is 15.7. The number of alkyl halides is 2. The summed E-state index contributed by atoms with van der Waals surface area (Å²) in [4.78, 5) is 0. The molecule has 0 spiro atoms. The number of halogens is 2. The summed E-state index contributed by atoms with van der Waals surface area (Å²) in [6.07, 6.45) is 0. The Balaban J connectivity index is 2.60. The summed E-state index contributed by atoms with van der Waals surface area (Å²) >= 11 is 6.95. The quantitative estimate of drug-likeness (QED) is 0.409. The van der Waals surface area contributed by atoms with Crippen LogP contribution >= 0.6 is 31.9 Å². The lowest BCUT2D eigenvalue weighted by atomic mass is 9.91. The van der Waals surface area contributed by atoms with E-state index in [1.807, 2.05) is 24.3 Å². The first-order chi connectivity index (χ1) is 10.7. The molecule has 0 bridgehead atoms. The summed E-state index contributed by atoms with van der Waals surface area (Å²) in [5.74, 6) is 0. The molecule has 0 unspecified atom stereocenters. The van der Waals surface area contributed by atoms with Crippen molar-refractivity contribution in [1.29, 1.82) is 10.5 Å². The van der Waals surface area contributed by atoms with Crippen molar-refractivity contribution in [1.82, 2.24) is 0 Å². The molecule has 0 aliphatic rings. The molecule has 2 nitrogen and oxygen atoms in total. The van der Waals surface area contributed by atoms with Crippen molar-refractivity contribution < 1.29 is 0 Å². The smallest absolute Gasteiger partial charge is 0.101 e. The van der Waals surface area contributed by atoms with Gasteiger partial charge < -0.3 is 0 Å². The molecular weight excluding hydrogens is 404 g/mol. The Labute approximate surface area is 145 Å². The number of hydrogen-bond acceptors (Lipinski definition) is 2. The van der Waals surface area contributed by atoms with Crippen molar-refractivity contribution in [3.05, 3.63) is 58.7 Å². The number of hydrogen-bond donors (Lipinski definition) is 0. The summed E-state index contributed by atoms with van der Waals surface area (Å²) in [5.41, 5.74) is 3.20. The van der Waals surface area contributed by atoms with Crippen LogP contribution in [0.3, 0.4) is 0 Å². The van der Waals surface area contributed by atoms with Crippen molar-refractivity contribution in [2.45, 2.75) is 10.7 Å². The van der Waals surface area contributed by atoms with Crippen LogP contribution in [0.2, 0.25) is 0 Å². The first kappa shape index (κ1) is 15.0. The van der Waals surface area contributed by atoms with E-state index in [0.717, 1.165) is 43.3 Å². The third kappa shape index (κ3) is 2.29. The maximum Gasteiger partial charge on any atom is 0.101 e. The van der Waals surface area contributed by atoms with Gasteiger partial charge >= 0.3 is 0 Å². The van der Waals surface area contributed by atoms with Crippen molar-refractivity contribution in [2.75, 3.05) is 0 Å². The van der Waals surface area contributed by atoms with Crippen LogP contribution in [0.15, 0.2) is 36.4 Å². The van der Waals surface area contributed by atoms with Crippen LogP contribution in [0, 0.1) is 22.7 Å². The standard InChI is InChI=1S/C18H10Br2N2/c19-7-11-1-3-13-15(5-11)16-6-12(8-20)2-4-14(16)18(10-22)17(13)9-21/h1-6H,7-8H2. The van der Waals surface area contributed by atoms with Crippen LogP contribution < -0.4 is 0 Å². The molecule has 3 aromatic rings. The SMILES string of the molecule is N#Cc1c(C#N)c2ccc(CBr)cc2c2cc(CBr)ccc12. The van der Waals surface area contributed by atoms with E-state index >= 15 is 0 Å². The van der Waals surface area contributed by atoms with Gasteiger partial charge in [-0.25, -0.2) is 0 Å². The maximum atomic E-state index is 9.52. The Hall–Kier alpha value is -1.88. The summed E-state index contributed by atoms with van der Waals surface area (Å²) in [6.45, 7) is 0. The summed E-state index contributed by atoms with van der Waals surface area (Å²) in [5, 5.41) is 24.3. The number of nitrogens with zero attached hydrogens (tertiary/aromatic N) is 2. The molecule has 0 amide bonds. The highest BCUT2D eigenvalue weighted by Crippen LogP contribution is 2.34. The Morgan fingerprint density at radius 2 is 1.09 bits per heavy atom. The largest absolute Gasteiger partial charge is 0.192 e. The van der Waals surface area contributed by atoms with Crippen LogP contribution in [0.4, 0.5) is 0 Å². The second kappa shape index (κ2) is 6.08. The monoisotopic (exact) mass is 412 g/mol. The van der Waals surface area contributed by atoms with E-state index in [1.165, 1.54) is 0 Å². The third-order valence-electron chi connectivity index (χ3n) is 3.78. The lowest BCUT2D eigenvalue weighted by Crippen LogP contribution is -1.93. The van der Waals surface area contributed by atoms with Gasteiger partial charge in [0.1, 0.15) is 12.1 Å². The molecule has 0 saturated heterocycles. The third-order valence-corrected chi connectivity index (χ3v) is 5.07. The molecule has 0 atom stereocenters. The molecule has 3 aromatic carbocycles. The second-order valence-corrected chi connectivity index (χ2v) is 6.12. The lowest BCUT2D eigenvalue weighted by Gasteiger charge is -2.11. The van der Waals surface area contributed by atoms with E-state index in [2.05, 4.69) is 56.1 Å². The molecule has 0 saturated carbocycles. The highest BCUT2D eigenvalue weighted by atomic mass is 79.9. The molecule has 3 rings (SSSR count). The predicted molar refractivity (Wildman–Crippen MR) is 96.1 cm³/mol. The molecule has 0 aromatic heterocycles. The molecule has 0 radical (unpaired) electrons. The molecule has 22 heavy (non-hydrogen) atoms. The van der Waals surface area contributed by atoms with Gasteiger partial charge in [-0.05, 0) is 34.0 Å². The Morgan fingerprint density at radius 1 is 0.682 bits per heavy atom. The summed E-state index contributed by atoms with van der Waals surface area (Å²) in [6, 6.07) is 16.4. The van der Waals surface area contributed by atoms with E-state index in [0.29, 0.717) is 11.1 Å². The number of benzene rings is 3. The minimum atomic E-state index is 0.456. The number of rotatable bonds is 2. The molecule has 0 heterocycles. The van der Waals surface area contributed by atoms with Gasteiger partial charge in [-0.3, -0.25) is 0 Å². The highest BCUT2D eigenvalue weighted by molar-refractivity contribution is 9.08. The fourth-order valence-corrected chi connectivity index (χ4v) is 3.43. The van der Waals surface area contributed by atoms with Gasteiger partial charge in [0, 0.05) is 21.4 Å². The van der Waals surface area contributed by atoms with Crippen molar-refractivity contribution in [2.24, 2.45) is 0 Å². The predicted octanol–water partition coefficient (Wildman–Crippen LogP) is 5.53. The van der Waals surface area contributed by atoms with E-state index in [1.54, 1.807) is 0 Å². The van der Waals surface area contributed by atoms with Gasteiger partial charge in [-0.2, -0.15) is 10.5 Å². The van der Waals surface area contributed by atoms with Crippen LogP contribution in [0.1, 0.15) is 22.3 Å². The summed E-state index contributed by atoms with van der Waals surface area (Å²) < 4.78 is 0. The zero-order valence-electron chi connectivity index (χ0n) is 11.5. The van der Waals surface area contributed by atoms with Crippen LogP contribution in [-0.2, 0) is 10.7 Å². The molecule has 106 valence electrons. The normalized spacial score (nSPS) is 10.5. The molecule has 4 heteroatoms. The average molecular weight is 414 g/mol. The minimum Gasteiger partial charge on any atom is -0.192 e. The Kier molecular flexibility index (Phi) is 4.16. The van der Waals surface area contributed by atoms with E-state index in [-0.39, 0.29) is 0 Å². The average Bonchev–Trinajstić information content (AvgIpc) is 2.59. The van der Waals surface area contributed by atoms with Crippen LogP contribution in [-0.4, -0.2) is 0 Å². The van der Waals surface area contributed by atoms with Crippen LogP contribution in [0.5, 0.6) is 0 Å². The first-order valence-corrected chi connectivity index (χ1v) is 8.91. The van der Waals surface area contributed by atoms with Gasteiger partial charge in [0.15, 0.2) is 0 Å². The Bertz CT molecular complexity index is 898. The van der Waals surface area contributed by atoms with Crippen molar-refractivity contribution in [3.8, 4) is 12.1 Å². The zero-order valence-corrected chi connectivity index (χ0v) is 14.7. The fraction of sp³-hybridized carbons (Fsp3) is 0.111. The fourth-order valence-electron chi connectivity index (χ4n) is 2.73. The van der Waals surface area contributed by atoms with Crippen molar-refractivity contribution >= 4 is 53.4 Å². The number of nitriles is 2. The number of fused-ring (bicyclic) bond motifs is 3. The summed E-state index contributed by atoms with van der Waals surface area (Å²) in [7, 11) is 0. The van der Waals surface area contributed by atoms with Crippen LogP contribution in [0.25, 0.3) is 21.5 Å². The molecule has 0 aliphatic heterocycles. The molecular formula is C18H10Br2N2. The van der Waals surface area contributed by atoms with Gasteiger partial charge in [0.05, 0.1) is 11.1 Å². The highest BCUT2D eigenvalue weighted by Gasteiger charge is 2.14. The minimum absolute atomic E-state index is 0.456. The topological polar surface area (TPSA) is 47.6 Å². The van der Waals surface area contributed by atoms with E-state index < -0.39 is 0 Å². The van der Waals surface area contributed by atoms with Gasteiger partial charge in [-0.1, -0.05) is 56.1 Å². The van der Waals surface area contributed by atoms with Gasteiger partial charge in [0.25, 0.3) is 0 Å². The lowest BCUT2D eigenvalue weighted by molar-refractivity contribution is 1.43. The molecule has 0 fully saturated rings. The van der Waals surface area contributed by atoms with E-state index in [4.69, 9.17) is 0 Å².